The number of amidine groups is 1. The van der Waals surface area contributed by atoms with Gasteiger partial charge in [-0.2, -0.15) is 0 Å². The second kappa shape index (κ2) is 6.90. The van der Waals surface area contributed by atoms with Crippen LogP contribution in [0.15, 0.2) is 58.4 Å². The van der Waals surface area contributed by atoms with Gasteiger partial charge in [0.25, 0.3) is 10.0 Å². The third-order valence-electron chi connectivity index (χ3n) is 3.42. The van der Waals surface area contributed by atoms with Crippen LogP contribution < -0.4 is 0 Å². The molecule has 0 spiro atoms. The summed E-state index contributed by atoms with van der Waals surface area (Å²) in [7, 11) is -3.78. The average Bonchev–Trinajstić information content (AvgIpc) is 3.03. The van der Waals surface area contributed by atoms with E-state index in [9.17, 15) is 17.2 Å². The molecule has 0 unspecified atom stereocenters. The molecule has 0 saturated carbocycles. The highest BCUT2D eigenvalue weighted by molar-refractivity contribution is 8.14. The number of nitrogens with zero attached hydrogens (tertiary/aromatic N) is 2. The minimum Gasteiger partial charge on any atom is -0.260 e. The van der Waals surface area contributed by atoms with Crippen LogP contribution in [-0.4, -0.2) is 31.0 Å². The predicted octanol–water partition coefficient (Wildman–Crippen LogP) is 3.26. The molecular formula is C16H14F2N2O2S2. The Hall–Kier alpha value is -1.93. The Morgan fingerprint density at radius 3 is 2.54 bits per heavy atom. The lowest BCUT2D eigenvalue weighted by atomic mass is 10.2. The van der Waals surface area contributed by atoms with Gasteiger partial charge in [0.15, 0.2) is 5.17 Å². The third-order valence-corrected chi connectivity index (χ3v) is 6.43. The van der Waals surface area contributed by atoms with Gasteiger partial charge in [-0.3, -0.25) is 4.99 Å². The predicted molar refractivity (Wildman–Crippen MR) is 90.3 cm³/mol. The van der Waals surface area contributed by atoms with E-state index in [1.54, 1.807) is 12.1 Å². The molecule has 1 aliphatic heterocycles. The number of sulfonamides is 1. The topological polar surface area (TPSA) is 49.7 Å². The molecule has 3 rings (SSSR count). The van der Waals surface area contributed by atoms with Crippen LogP contribution in [0.5, 0.6) is 0 Å². The van der Waals surface area contributed by atoms with Crippen LogP contribution in [0, 0.1) is 11.6 Å². The summed E-state index contributed by atoms with van der Waals surface area (Å²) in [6, 6.07) is 10.8. The largest absolute Gasteiger partial charge is 0.265 e. The molecule has 0 aromatic heterocycles. The fraction of sp³-hybridized carbons (Fsp3) is 0.188. The van der Waals surface area contributed by atoms with E-state index in [0.717, 1.165) is 17.7 Å². The van der Waals surface area contributed by atoms with Crippen molar-refractivity contribution in [1.82, 2.24) is 4.31 Å². The zero-order valence-electron chi connectivity index (χ0n) is 12.5. The molecule has 4 nitrogen and oxygen atoms in total. The summed E-state index contributed by atoms with van der Waals surface area (Å²) in [6.45, 7) is 0.608. The van der Waals surface area contributed by atoms with Gasteiger partial charge in [0.1, 0.15) is 11.6 Å². The standard InChI is InChI=1S/C16H14F2N2O2S2/c17-13-4-6-15(7-5-13)24(21,22)20-9-8-19-16(20)23-11-12-2-1-3-14(18)10-12/h1-7,10H,8-9,11H2. The normalized spacial score (nSPS) is 14.8. The van der Waals surface area contributed by atoms with Gasteiger partial charge >= 0.3 is 0 Å². The molecule has 0 amide bonds. The maximum Gasteiger partial charge on any atom is 0.265 e. The molecule has 0 saturated heterocycles. The Labute approximate surface area is 143 Å². The summed E-state index contributed by atoms with van der Waals surface area (Å²) >= 11 is 1.23. The molecule has 0 radical (unpaired) electrons. The first-order valence-corrected chi connectivity index (χ1v) is 9.59. The number of thioether (sulfide) groups is 1. The first-order valence-electron chi connectivity index (χ1n) is 7.17. The summed E-state index contributed by atoms with van der Waals surface area (Å²) in [5.74, 6) is -0.423. The lowest BCUT2D eigenvalue weighted by Gasteiger charge is -2.19. The second-order valence-electron chi connectivity index (χ2n) is 5.11. The molecule has 2 aromatic carbocycles. The van der Waals surface area contributed by atoms with Crippen molar-refractivity contribution in [2.45, 2.75) is 10.6 Å². The van der Waals surface area contributed by atoms with Crippen LogP contribution in [0.3, 0.4) is 0 Å². The van der Waals surface area contributed by atoms with Gasteiger partial charge < -0.3 is 0 Å². The average molecular weight is 368 g/mol. The van der Waals surface area contributed by atoms with Crippen molar-refractivity contribution in [2.75, 3.05) is 13.1 Å². The summed E-state index contributed by atoms with van der Waals surface area (Å²) in [5.41, 5.74) is 0.744. The Morgan fingerprint density at radius 2 is 1.83 bits per heavy atom. The SMILES string of the molecule is O=S(=O)(c1ccc(F)cc1)N1CCN=C1SCc1cccc(F)c1. The van der Waals surface area contributed by atoms with Gasteiger partial charge in [0.2, 0.25) is 0 Å². The molecule has 0 bridgehead atoms. The molecule has 126 valence electrons. The molecule has 24 heavy (non-hydrogen) atoms. The fourth-order valence-electron chi connectivity index (χ4n) is 2.26. The molecule has 0 aliphatic carbocycles. The van der Waals surface area contributed by atoms with E-state index in [1.807, 2.05) is 0 Å². The molecule has 8 heteroatoms. The third kappa shape index (κ3) is 3.59. The number of hydrogen-bond donors (Lipinski definition) is 0. The van der Waals surface area contributed by atoms with Crippen molar-refractivity contribution in [3.63, 3.8) is 0 Å². The molecule has 0 fully saturated rings. The number of benzene rings is 2. The minimum absolute atomic E-state index is 0.0184. The monoisotopic (exact) mass is 368 g/mol. The van der Waals surface area contributed by atoms with E-state index in [1.165, 1.54) is 40.3 Å². The highest BCUT2D eigenvalue weighted by atomic mass is 32.2. The van der Waals surface area contributed by atoms with Crippen LogP contribution in [0.1, 0.15) is 5.56 Å². The molecule has 2 aromatic rings. The van der Waals surface area contributed by atoms with E-state index in [-0.39, 0.29) is 17.3 Å². The van der Waals surface area contributed by atoms with E-state index in [4.69, 9.17) is 0 Å². The van der Waals surface area contributed by atoms with E-state index in [2.05, 4.69) is 4.99 Å². The molecule has 0 atom stereocenters. The van der Waals surface area contributed by atoms with Crippen LogP contribution >= 0.6 is 11.8 Å². The number of rotatable bonds is 4. The number of hydrogen-bond acceptors (Lipinski definition) is 4. The van der Waals surface area contributed by atoms with Crippen LogP contribution in [0.4, 0.5) is 8.78 Å². The Balaban J connectivity index is 1.76. The first kappa shape index (κ1) is 16.9. The molecule has 0 N–H and O–H groups in total. The van der Waals surface area contributed by atoms with Gasteiger partial charge in [0.05, 0.1) is 18.0 Å². The lowest BCUT2D eigenvalue weighted by molar-refractivity contribution is 0.539. The van der Waals surface area contributed by atoms with Gasteiger partial charge in [-0.1, -0.05) is 23.9 Å². The minimum atomic E-state index is -3.78. The smallest absolute Gasteiger partial charge is 0.260 e. The fourth-order valence-corrected chi connectivity index (χ4v) is 4.93. The van der Waals surface area contributed by atoms with Gasteiger partial charge in [-0.05, 0) is 42.0 Å². The maximum absolute atomic E-state index is 13.2. The van der Waals surface area contributed by atoms with Crippen molar-refractivity contribution in [3.8, 4) is 0 Å². The van der Waals surface area contributed by atoms with Crippen molar-refractivity contribution in [3.05, 3.63) is 65.7 Å². The van der Waals surface area contributed by atoms with Gasteiger partial charge in [-0.25, -0.2) is 21.5 Å². The molecule has 1 aliphatic rings. The van der Waals surface area contributed by atoms with Gasteiger partial charge in [-0.15, -0.1) is 0 Å². The van der Waals surface area contributed by atoms with Crippen LogP contribution in [0.2, 0.25) is 0 Å². The highest BCUT2D eigenvalue weighted by Crippen LogP contribution is 2.26. The summed E-state index contributed by atoms with van der Waals surface area (Å²) in [6.07, 6.45) is 0. The Bertz CT molecular complexity index is 868. The Kier molecular flexibility index (Phi) is 4.86. The molecule has 1 heterocycles. The van der Waals surface area contributed by atoms with E-state index < -0.39 is 15.8 Å². The summed E-state index contributed by atoms with van der Waals surface area (Å²) < 4.78 is 52.8. The van der Waals surface area contributed by atoms with E-state index in [0.29, 0.717) is 17.5 Å². The van der Waals surface area contributed by atoms with Crippen molar-refractivity contribution >= 4 is 27.0 Å². The maximum atomic E-state index is 13.2. The lowest BCUT2D eigenvalue weighted by Crippen LogP contribution is -2.32. The second-order valence-corrected chi connectivity index (χ2v) is 7.92. The van der Waals surface area contributed by atoms with Crippen LogP contribution in [0.25, 0.3) is 0 Å². The zero-order valence-corrected chi connectivity index (χ0v) is 14.2. The van der Waals surface area contributed by atoms with Crippen LogP contribution in [-0.2, 0) is 15.8 Å². The first-order chi connectivity index (χ1) is 11.5. The zero-order chi connectivity index (χ0) is 17.2. The van der Waals surface area contributed by atoms with Crippen molar-refractivity contribution < 1.29 is 17.2 Å². The summed E-state index contributed by atoms with van der Waals surface area (Å²) in [5, 5.41) is 0.364. The highest BCUT2D eigenvalue weighted by Gasteiger charge is 2.30. The van der Waals surface area contributed by atoms with E-state index >= 15 is 0 Å². The molecular weight excluding hydrogens is 354 g/mol. The van der Waals surface area contributed by atoms with Gasteiger partial charge in [0, 0.05) is 5.75 Å². The number of aliphatic imine (C=N–C) groups is 1. The quantitative estimate of drug-likeness (QED) is 0.832. The van der Waals surface area contributed by atoms with Crippen molar-refractivity contribution in [1.29, 1.82) is 0 Å². The summed E-state index contributed by atoms with van der Waals surface area (Å²) in [4.78, 5) is 4.24. The van der Waals surface area contributed by atoms with Crippen molar-refractivity contribution in [2.24, 2.45) is 4.99 Å². The number of halogens is 2. The Morgan fingerprint density at radius 1 is 1.08 bits per heavy atom.